The highest BCUT2D eigenvalue weighted by Crippen LogP contribution is 2.17. The SMILES string of the molecule is NNC(N)=NC1(N[N+](=O)[O-])N=NN=N1. The molecular formula is C2H6N10O2. The molecule has 0 saturated heterocycles. The van der Waals surface area contributed by atoms with Gasteiger partial charge in [0.1, 0.15) is 0 Å². The Kier molecular flexibility index (Phi) is 2.47. The first-order chi connectivity index (χ1) is 6.58. The smallest absolute Gasteiger partial charge is 0.369 e. The van der Waals surface area contributed by atoms with E-state index in [0.29, 0.717) is 0 Å². The minimum Gasteiger partial charge on any atom is -0.369 e. The van der Waals surface area contributed by atoms with E-state index in [9.17, 15) is 10.1 Å². The molecule has 0 spiro atoms. The number of nitro groups is 1. The third kappa shape index (κ3) is 2.07. The molecule has 0 atom stereocenters. The topological polar surface area (TPSA) is 181 Å². The first kappa shape index (κ1) is 9.72. The summed E-state index contributed by atoms with van der Waals surface area (Å²) < 4.78 is 0. The highest BCUT2D eigenvalue weighted by atomic mass is 16.7. The van der Waals surface area contributed by atoms with Gasteiger partial charge in [0.15, 0.2) is 5.03 Å². The molecule has 14 heavy (non-hydrogen) atoms. The van der Waals surface area contributed by atoms with Gasteiger partial charge in [-0.15, -0.1) is 0 Å². The van der Waals surface area contributed by atoms with E-state index in [2.05, 4.69) is 25.7 Å². The zero-order chi connectivity index (χ0) is 10.6. The normalized spacial score (nSPS) is 18.2. The van der Waals surface area contributed by atoms with Crippen molar-refractivity contribution < 1.29 is 5.03 Å². The van der Waals surface area contributed by atoms with Crippen LogP contribution in [0.1, 0.15) is 0 Å². The zero-order valence-corrected chi connectivity index (χ0v) is 6.65. The predicted molar refractivity (Wildman–Crippen MR) is 41.5 cm³/mol. The molecule has 0 aliphatic carbocycles. The number of rotatable bonds is 3. The molecule has 0 aromatic rings. The number of aliphatic imine (C=N–C) groups is 1. The Morgan fingerprint density at radius 3 is 2.50 bits per heavy atom. The molecule has 0 amide bonds. The Hall–Kier alpha value is -2.37. The summed E-state index contributed by atoms with van der Waals surface area (Å²) in [5.41, 5.74) is 8.77. The van der Waals surface area contributed by atoms with Gasteiger partial charge in [-0.1, -0.05) is 15.7 Å². The fourth-order valence-electron chi connectivity index (χ4n) is 0.622. The molecule has 0 bridgehead atoms. The maximum atomic E-state index is 10.2. The molecule has 0 saturated carbocycles. The highest BCUT2D eigenvalue weighted by Gasteiger charge is 2.38. The number of hydrogen-bond acceptors (Lipinski definition) is 8. The molecule has 1 heterocycles. The lowest BCUT2D eigenvalue weighted by atomic mass is 10.7. The van der Waals surface area contributed by atoms with Gasteiger partial charge in [0.25, 0.3) is 0 Å². The molecule has 12 nitrogen and oxygen atoms in total. The average molecular weight is 202 g/mol. The standard InChI is InChI=1S/C2H6N10O2/c3-1(6-4)5-2(9-12(13)14)7-10-11-8-2/h9H,4H2,(H3,3,5,6). The first-order valence-corrected chi connectivity index (χ1v) is 3.16. The van der Waals surface area contributed by atoms with Crippen molar-refractivity contribution in [1.82, 2.24) is 10.9 Å². The molecule has 0 aromatic heterocycles. The number of nitrogens with zero attached hydrogens (tertiary/aromatic N) is 6. The van der Waals surface area contributed by atoms with Crippen LogP contribution in [0.2, 0.25) is 0 Å². The molecule has 12 heteroatoms. The van der Waals surface area contributed by atoms with Gasteiger partial charge >= 0.3 is 5.91 Å². The second kappa shape index (κ2) is 3.56. The van der Waals surface area contributed by atoms with Crippen molar-refractivity contribution in [1.29, 1.82) is 0 Å². The summed E-state index contributed by atoms with van der Waals surface area (Å²) in [6, 6.07) is 0. The molecule has 6 N–H and O–H groups in total. The van der Waals surface area contributed by atoms with Crippen molar-refractivity contribution in [2.75, 3.05) is 0 Å². The number of hydrogen-bond donors (Lipinski definition) is 4. The Bertz CT molecular complexity index is 304. The van der Waals surface area contributed by atoms with E-state index in [1.807, 2.05) is 5.43 Å². The molecule has 1 rings (SSSR count). The number of guanidine groups is 1. The number of nitrogens with two attached hydrogens (primary N) is 2. The Morgan fingerprint density at radius 1 is 1.50 bits per heavy atom. The van der Waals surface area contributed by atoms with Crippen molar-refractivity contribution >= 4 is 5.96 Å². The van der Waals surface area contributed by atoms with Gasteiger partial charge in [0.2, 0.25) is 5.96 Å². The second-order valence-electron chi connectivity index (χ2n) is 2.02. The van der Waals surface area contributed by atoms with Crippen molar-refractivity contribution in [2.45, 2.75) is 5.91 Å². The van der Waals surface area contributed by atoms with Crippen LogP contribution >= 0.6 is 0 Å². The minimum atomic E-state index is -1.97. The lowest BCUT2D eigenvalue weighted by molar-refractivity contribution is -0.559. The molecule has 76 valence electrons. The van der Waals surface area contributed by atoms with E-state index >= 15 is 0 Å². The first-order valence-electron chi connectivity index (χ1n) is 3.16. The van der Waals surface area contributed by atoms with Gasteiger partial charge in [0.05, 0.1) is 0 Å². The second-order valence-corrected chi connectivity index (χ2v) is 2.02. The number of hydrazine groups is 2. The monoisotopic (exact) mass is 202 g/mol. The van der Waals surface area contributed by atoms with E-state index in [-0.39, 0.29) is 5.96 Å². The van der Waals surface area contributed by atoms with Crippen molar-refractivity contribution in [3.63, 3.8) is 0 Å². The van der Waals surface area contributed by atoms with Gasteiger partial charge in [-0.25, -0.2) is 16.0 Å². The van der Waals surface area contributed by atoms with Crippen molar-refractivity contribution in [3.8, 4) is 0 Å². The van der Waals surface area contributed by atoms with Crippen LogP contribution in [-0.2, 0) is 0 Å². The summed E-state index contributed by atoms with van der Waals surface area (Å²) in [5.74, 6) is 2.61. The zero-order valence-electron chi connectivity index (χ0n) is 6.65. The van der Waals surface area contributed by atoms with E-state index in [0.717, 1.165) is 0 Å². The Labute approximate surface area is 76.2 Å². The van der Waals surface area contributed by atoms with Crippen LogP contribution in [0, 0.1) is 10.1 Å². The predicted octanol–water partition coefficient (Wildman–Crippen LogP) is -2.01. The summed E-state index contributed by atoms with van der Waals surface area (Å²) in [6.45, 7) is 0. The van der Waals surface area contributed by atoms with Crippen LogP contribution in [0.5, 0.6) is 0 Å². The highest BCUT2D eigenvalue weighted by molar-refractivity contribution is 5.77. The molecule has 0 unspecified atom stereocenters. The molecular weight excluding hydrogens is 196 g/mol. The van der Waals surface area contributed by atoms with E-state index in [1.54, 1.807) is 5.43 Å². The van der Waals surface area contributed by atoms with Crippen LogP contribution in [0.15, 0.2) is 25.7 Å². The maximum absolute atomic E-state index is 10.2. The van der Waals surface area contributed by atoms with Crippen molar-refractivity contribution in [3.05, 3.63) is 10.1 Å². The van der Waals surface area contributed by atoms with E-state index in [1.165, 1.54) is 0 Å². The molecule has 1 aliphatic heterocycles. The maximum Gasteiger partial charge on any atom is 0.419 e. The summed E-state index contributed by atoms with van der Waals surface area (Å²) in [7, 11) is 0. The lowest BCUT2D eigenvalue weighted by Gasteiger charge is -2.10. The van der Waals surface area contributed by atoms with Gasteiger partial charge in [-0.2, -0.15) is 4.99 Å². The Morgan fingerprint density at radius 2 is 2.07 bits per heavy atom. The van der Waals surface area contributed by atoms with Crippen LogP contribution in [0.4, 0.5) is 0 Å². The van der Waals surface area contributed by atoms with Crippen LogP contribution in [0.25, 0.3) is 0 Å². The number of nitrogens with one attached hydrogen (secondary N) is 2. The quantitative estimate of drug-likeness (QED) is 0.135. The molecule has 0 radical (unpaired) electrons. The third-order valence-electron chi connectivity index (χ3n) is 1.07. The third-order valence-corrected chi connectivity index (χ3v) is 1.07. The largest absolute Gasteiger partial charge is 0.419 e. The molecule has 1 aliphatic rings. The summed E-state index contributed by atoms with van der Waals surface area (Å²) in [6.07, 6.45) is 0. The van der Waals surface area contributed by atoms with Crippen LogP contribution < -0.4 is 22.4 Å². The van der Waals surface area contributed by atoms with Gasteiger partial charge in [-0.05, 0) is 10.4 Å². The average Bonchev–Trinajstić information content (AvgIpc) is 2.51. The fraction of sp³-hybridized carbons (Fsp3) is 0.500. The van der Waals surface area contributed by atoms with Gasteiger partial charge < -0.3 is 5.73 Å². The Balaban J connectivity index is 2.89. The van der Waals surface area contributed by atoms with E-state index < -0.39 is 10.9 Å². The minimum absolute atomic E-state index is 0.306. The summed E-state index contributed by atoms with van der Waals surface area (Å²) in [5, 5.41) is 21.9. The van der Waals surface area contributed by atoms with Gasteiger partial charge in [0, 0.05) is 0 Å². The molecule has 0 aromatic carbocycles. The summed E-state index contributed by atoms with van der Waals surface area (Å²) >= 11 is 0. The van der Waals surface area contributed by atoms with Crippen molar-refractivity contribution in [2.24, 2.45) is 37.2 Å². The van der Waals surface area contributed by atoms with Crippen LogP contribution in [-0.4, -0.2) is 16.9 Å². The summed E-state index contributed by atoms with van der Waals surface area (Å²) in [4.78, 5) is 13.6. The van der Waals surface area contributed by atoms with Crippen LogP contribution in [0.3, 0.4) is 0 Å². The van der Waals surface area contributed by atoms with E-state index in [4.69, 9.17) is 11.6 Å². The fourth-order valence-corrected chi connectivity index (χ4v) is 0.622. The van der Waals surface area contributed by atoms with Gasteiger partial charge in [-0.3, -0.25) is 5.43 Å². The lowest BCUT2D eigenvalue weighted by Crippen LogP contribution is -2.47. The molecule has 0 fully saturated rings.